The molecule has 98 valence electrons. The van der Waals surface area contributed by atoms with E-state index in [-0.39, 0.29) is 0 Å². The van der Waals surface area contributed by atoms with Crippen LogP contribution in [0.3, 0.4) is 0 Å². The highest BCUT2D eigenvalue weighted by Gasteiger charge is 2.28. The second kappa shape index (κ2) is 6.55. The van der Waals surface area contributed by atoms with E-state index in [4.69, 9.17) is 0 Å². The summed E-state index contributed by atoms with van der Waals surface area (Å²) in [4.78, 5) is 1.51. The van der Waals surface area contributed by atoms with Crippen LogP contribution in [0.5, 0.6) is 0 Å². The van der Waals surface area contributed by atoms with Crippen molar-refractivity contribution in [2.24, 2.45) is 17.3 Å². The Morgan fingerprint density at radius 2 is 2.00 bits per heavy atom. The summed E-state index contributed by atoms with van der Waals surface area (Å²) in [5, 5.41) is 5.80. The number of hydrogen-bond acceptors (Lipinski definition) is 2. The van der Waals surface area contributed by atoms with E-state index in [2.05, 4.69) is 57.4 Å². The molecule has 1 heterocycles. The first-order chi connectivity index (χ1) is 7.94. The lowest BCUT2D eigenvalue weighted by Crippen LogP contribution is -2.39. The van der Waals surface area contributed by atoms with Crippen molar-refractivity contribution in [2.75, 3.05) is 13.1 Å². The molecule has 0 saturated heterocycles. The highest BCUT2D eigenvalue weighted by molar-refractivity contribution is 7.09. The van der Waals surface area contributed by atoms with Gasteiger partial charge in [0.05, 0.1) is 0 Å². The Hall–Kier alpha value is -0.340. The zero-order chi connectivity index (χ0) is 12.9. The van der Waals surface area contributed by atoms with Gasteiger partial charge < -0.3 is 5.32 Å². The zero-order valence-electron chi connectivity index (χ0n) is 11.9. The maximum absolute atomic E-state index is 3.62. The van der Waals surface area contributed by atoms with E-state index in [9.17, 15) is 0 Å². The van der Waals surface area contributed by atoms with Crippen LogP contribution in [0, 0.1) is 17.3 Å². The maximum Gasteiger partial charge on any atom is 0.00512 e. The van der Waals surface area contributed by atoms with Gasteiger partial charge in [-0.3, -0.25) is 0 Å². The predicted octanol–water partition coefficient (Wildman–Crippen LogP) is 4.20. The molecule has 2 heteroatoms. The summed E-state index contributed by atoms with van der Waals surface area (Å²) in [7, 11) is 0. The molecule has 0 aliphatic rings. The maximum atomic E-state index is 3.62. The second-order valence-electron chi connectivity index (χ2n) is 6.09. The summed E-state index contributed by atoms with van der Waals surface area (Å²) in [5.41, 5.74) is 0.361. The minimum absolute atomic E-state index is 0.361. The van der Waals surface area contributed by atoms with Crippen molar-refractivity contribution in [3.8, 4) is 0 Å². The first-order valence-corrected chi connectivity index (χ1v) is 7.55. The van der Waals surface area contributed by atoms with Crippen molar-refractivity contribution in [1.82, 2.24) is 5.32 Å². The summed E-state index contributed by atoms with van der Waals surface area (Å²) < 4.78 is 0. The first kappa shape index (κ1) is 14.7. The summed E-state index contributed by atoms with van der Waals surface area (Å²) in [6.07, 6.45) is 1.19. The fourth-order valence-corrected chi connectivity index (χ4v) is 2.83. The van der Waals surface area contributed by atoms with Crippen LogP contribution in [0.1, 0.15) is 39.5 Å². The topological polar surface area (TPSA) is 12.0 Å². The lowest BCUT2D eigenvalue weighted by molar-refractivity contribution is 0.206. The molecule has 1 unspecified atom stereocenters. The minimum atomic E-state index is 0.361. The lowest BCUT2D eigenvalue weighted by atomic mass is 9.76. The molecule has 17 heavy (non-hydrogen) atoms. The van der Waals surface area contributed by atoms with E-state index >= 15 is 0 Å². The number of thiophene rings is 1. The fourth-order valence-electron chi connectivity index (χ4n) is 1.93. The third-order valence-electron chi connectivity index (χ3n) is 3.63. The van der Waals surface area contributed by atoms with Crippen molar-refractivity contribution >= 4 is 11.3 Å². The van der Waals surface area contributed by atoms with Crippen LogP contribution in [0.4, 0.5) is 0 Å². The molecule has 1 nitrogen and oxygen atoms in total. The Balaban J connectivity index is 2.56. The van der Waals surface area contributed by atoms with Crippen molar-refractivity contribution in [3.05, 3.63) is 22.4 Å². The third-order valence-corrected chi connectivity index (χ3v) is 4.51. The van der Waals surface area contributed by atoms with Crippen LogP contribution < -0.4 is 5.32 Å². The Bertz CT molecular complexity index is 303. The Labute approximate surface area is 111 Å². The molecule has 1 rings (SSSR count). The molecule has 0 saturated carbocycles. The molecule has 0 spiro atoms. The molecule has 1 aromatic rings. The van der Waals surface area contributed by atoms with E-state index in [0.29, 0.717) is 11.3 Å². The Morgan fingerprint density at radius 3 is 2.47 bits per heavy atom. The van der Waals surface area contributed by atoms with Crippen LogP contribution in [-0.4, -0.2) is 13.1 Å². The van der Waals surface area contributed by atoms with Gasteiger partial charge >= 0.3 is 0 Å². The van der Waals surface area contributed by atoms with E-state index in [1.807, 2.05) is 11.3 Å². The molecule has 0 bridgehead atoms. The van der Waals surface area contributed by atoms with Gasteiger partial charge in [0.15, 0.2) is 0 Å². The van der Waals surface area contributed by atoms with Gasteiger partial charge in [-0.05, 0) is 41.7 Å². The highest BCUT2D eigenvalue weighted by Crippen LogP contribution is 2.32. The summed E-state index contributed by atoms with van der Waals surface area (Å²) >= 11 is 1.88. The van der Waals surface area contributed by atoms with Gasteiger partial charge in [0.1, 0.15) is 0 Å². The van der Waals surface area contributed by atoms with E-state index in [1.165, 1.54) is 11.3 Å². The van der Waals surface area contributed by atoms with Gasteiger partial charge in [0.25, 0.3) is 0 Å². The number of hydrogen-bond donors (Lipinski definition) is 1. The third kappa shape index (κ3) is 4.81. The molecule has 1 atom stereocenters. The quantitative estimate of drug-likeness (QED) is 0.768. The van der Waals surface area contributed by atoms with Crippen molar-refractivity contribution in [3.63, 3.8) is 0 Å². The summed E-state index contributed by atoms with van der Waals surface area (Å²) in [6.45, 7) is 13.8. The predicted molar refractivity (Wildman–Crippen MR) is 78.7 cm³/mol. The van der Waals surface area contributed by atoms with Crippen LogP contribution in [0.2, 0.25) is 0 Å². The average Bonchev–Trinajstić information content (AvgIpc) is 2.69. The van der Waals surface area contributed by atoms with E-state index < -0.39 is 0 Å². The lowest BCUT2D eigenvalue weighted by Gasteiger charge is -2.34. The van der Waals surface area contributed by atoms with Crippen molar-refractivity contribution in [2.45, 2.75) is 41.0 Å². The van der Waals surface area contributed by atoms with Gasteiger partial charge in [-0.2, -0.15) is 0 Å². The fraction of sp³-hybridized carbons (Fsp3) is 0.733. The largest absolute Gasteiger partial charge is 0.316 e. The SMILES string of the molecule is CC(C)CNCC(C)(Cc1cccs1)C(C)C. The number of rotatable bonds is 7. The van der Waals surface area contributed by atoms with Crippen LogP contribution >= 0.6 is 11.3 Å². The van der Waals surface area contributed by atoms with Crippen LogP contribution in [0.15, 0.2) is 17.5 Å². The molecule has 1 aromatic heterocycles. The highest BCUT2D eigenvalue weighted by atomic mass is 32.1. The molecule has 0 aromatic carbocycles. The van der Waals surface area contributed by atoms with Crippen molar-refractivity contribution in [1.29, 1.82) is 0 Å². The normalized spacial score (nSPS) is 15.5. The average molecular weight is 253 g/mol. The first-order valence-electron chi connectivity index (χ1n) is 6.67. The molecule has 1 N–H and O–H groups in total. The van der Waals surface area contributed by atoms with Crippen molar-refractivity contribution < 1.29 is 0 Å². The second-order valence-corrected chi connectivity index (χ2v) is 7.12. The molecule has 0 fully saturated rings. The van der Waals surface area contributed by atoms with Gasteiger partial charge in [0.2, 0.25) is 0 Å². The zero-order valence-corrected chi connectivity index (χ0v) is 12.7. The molecule has 0 aliphatic heterocycles. The van der Waals surface area contributed by atoms with Gasteiger partial charge in [-0.25, -0.2) is 0 Å². The monoisotopic (exact) mass is 253 g/mol. The van der Waals surface area contributed by atoms with Gasteiger partial charge in [-0.1, -0.05) is 40.7 Å². The van der Waals surface area contributed by atoms with E-state index in [1.54, 1.807) is 0 Å². The molecule has 0 radical (unpaired) electrons. The standard InChI is InChI=1S/C15H27NS/c1-12(2)10-16-11-15(5,13(3)4)9-14-7-6-8-17-14/h6-8,12-13,16H,9-11H2,1-5H3. The smallest absolute Gasteiger partial charge is 0.00512 e. The Kier molecular flexibility index (Phi) is 5.68. The molecular formula is C15H27NS. The summed E-state index contributed by atoms with van der Waals surface area (Å²) in [6, 6.07) is 4.41. The molecule has 0 amide bonds. The number of nitrogens with one attached hydrogen (secondary N) is 1. The van der Waals surface area contributed by atoms with E-state index in [0.717, 1.165) is 19.0 Å². The molecular weight excluding hydrogens is 226 g/mol. The summed E-state index contributed by atoms with van der Waals surface area (Å²) in [5.74, 6) is 1.43. The van der Waals surface area contributed by atoms with Gasteiger partial charge in [-0.15, -0.1) is 11.3 Å². The minimum Gasteiger partial charge on any atom is -0.316 e. The Morgan fingerprint density at radius 1 is 1.29 bits per heavy atom. The molecule has 0 aliphatic carbocycles. The van der Waals surface area contributed by atoms with Crippen LogP contribution in [-0.2, 0) is 6.42 Å². The van der Waals surface area contributed by atoms with Gasteiger partial charge in [0, 0.05) is 11.4 Å². The van der Waals surface area contributed by atoms with Crippen LogP contribution in [0.25, 0.3) is 0 Å².